The normalized spacial score (nSPS) is 9.76. The van der Waals surface area contributed by atoms with Crippen LogP contribution in [0.2, 0.25) is 0 Å². The van der Waals surface area contributed by atoms with Gasteiger partial charge >= 0.3 is 0 Å². The minimum absolute atomic E-state index is 0.0769. The molecule has 1 amide bonds. The summed E-state index contributed by atoms with van der Waals surface area (Å²) in [5, 5.41) is 12.1. The Morgan fingerprint density at radius 3 is 2.24 bits per heavy atom. The summed E-state index contributed by atoms with van der Waals surface area (Å²) in [6.45, 7) is 0. The van der Waals surface area contributed by atoms with Gasteiger partial charge in [0.25, 0.3) is 5.91 Å². The van der Waals surface area contributed by atoms with Crippen LogP contribution < -0.4 is 16.2 Å². The predicted octanol–water partition coefficient (Wildman–Crippen LogP) is 2.16. The van der Waals surface area contributed by atoms with E-state index in [1.54, 1.807) is 0 Å². The second kappa shape index (κ2) is 6.67. The third-order valence-electron chi connectivity index (χ3n) is 2.52. The van der Waals surface area contributed by atoms with Crippen LogP contribution in [0.5, 0.6) is 5.75 Å². The number of amides is 1. The highest BCUT2D eigenvalue weighted by atomic mass is 32.1. The van der Waals surface area contributed by atoms with Gasteiger partial charge in [-0.15, -0.1) is 0 Å². The van der Waals surface area contributed by atoms with Gasteiger partial charge in [0.05, 0.1) is 0 Å². The molecule has 21 heavy (non-hydrogen) atoms. The number of thiocarbonyl (C=S) groups is 1. The fourth-order valence-corrected chi connectivity index (χ4v) is 1.66. The number of anilines is 1. The van der Waals surface area contributed by atoms with E-state index in [9.17, 15) is 9.18 Å². The number of carbonyl (C=O) groups excluding carboxylic acids is 1. The first-order chi connectivity index (χ1) is 10.0. The number of phenols is 1. The van der Waals surface area contributed by atoms with Crippen LogP contribution in [0.25, 0.3) is 0 Å². The fraction of sp³-hybridized carbons (Fsp3) is 0. The fourth-order valence-electron chi connectivity index (χ4n) is 1.49. The molecule has 0 atom stereocenters. The third-order valence-corrected chi connectivity index (χ3v) is 2.73. The van der Waals surface area contributed by atoms with Gasteiger partial charge in [0.2, 0.25) is 0 Å². The SMILES string of the molecule is O=C(NNC(=S)Nc1ccc(F)cc1)c1ccc(O)cc1. The van der Waals surface area contributed by atoms with Crippen molar-refractivity contribution in [3.05, 3.63) is 59.9 Å². The summed E-state index contributed by atoms with van der Waals surface area (Å²) >= 11 is 4.99. The Labute approximate surface area is 125 Å². The largest absolute Gasteiger partial charge is 0.508 e. The monoisotopic (exact) mass is 305 g/mol. The molecule has 0 aliphatic heterocycles. The van der Waals surface area contributed by atoms with Crippen molar-refractivity contribution in [1.29, 1.82) is 0 Å². The van der Waals surface area contributed by atoms with Crippen molar-refractivity contribution in [3.63, 3.8) is 0 Å². The summed E-state index contributed by atoms with van der Waals surface area (Å²) in [5.41, 5.74) is 5.88. The predicted molar refractivity (Wildman–Crippen MR) is 81.3 cm³/mol. The first-order valence-corrected chi connectivity index (χ1v) is 6.37. The lowest BCUT2D eigenvalue weighted by Crippen LogP contribution is -2.43. The molecule has 0 saturated heterocycles. The van der Waals surface area contributed by atoms with Gasteiger partial charge in [-0.25, -0.2) is 4.39 Å². The zero-order valence-electron chi connectivity index (χ0n) is 10.8. The van der Waals surface area contributed by atoms with Gasteiger partial charge in [0.1, 0.15) is 11.6 Å². The van der Waals surface area contributed by atoms with Gasteiger partial charge in [-0.05, 0) is 60.7 Å². The van der Waals surface area contributed by atoms with Crippen LogP contribution in [-0.2, 0) is 0 Å². The van der Waals surface area contributed by atoms with Crippen LogP contribution in [0.3, 0.4) is 0 Å². The van der Waals surface area contributed by atoms with Crippen LogP contribution in [0, 0.1) is 5.82 Å². The number of rotatable bonds is 2. The zero-order chi connectivity index (χ0) is 15.2. The Kier molecular flexibility index (Phi) is 4.68. The second-order valence-electron chi connectivity index (χ2n) is 4.09. The molecule has 0 aliphatic carbocycles. The van der Waals surface area contributed by atoms with E-state index in [2.05, 4.69) is 16.2 Å². The van der Waals surface area contributed by atoms with Gasteiger partial charge in [0.15, 0.2) is 5.11 Å². The first-order valence-electron chi connectivity index (χ1n) is 5.96. The average molecular weight is 305 g/mol. The molecule has 108 valence electrons. The van der Waals surface area contributed by atoms with Crippen molar-refractivity contribution in [2.24, 2.45) is 0 Å². The minimum Gasteiger partial charge on any atom is -0.508 e. The van der Waals surface area contributed by atoms with E-state index in [0.717, 1.165) is 0 Å². The number of hydrazine groups is 1. The molecule has 0 radical (unpaired) electrons. The van der Waals surface area contributed by atoms with Gasteiger partial charge in [-0.1, -0.05) is 0 Å². The van der Waals surface area contributed by atoms with Crippen molar-refractivity contribution in [2.75, 3.05) is 5.32 Å². The van der Waals surface area contributed by atoms with E-state index in [0.29, 0.717) is 11.3 Å². The van der Waals surface area contributed by atoms with Crippen molar-refractivity contribution < 1.29 is 14.3 Å². The quantitative estimate of drug-likeness (QED) is 0.505. The Hall–Kier alpha value is -2.67. The molecule has 0 aromatic heterocycles. The molecule has 0 unspecified atom stereocenters. The molecule has 7 heteroatoms. The van der Waals surface area contributed by atoms with Gasteiger partial charge < -0.3 is 10.4 Å². The number of halogens is 1. The number of benzene rings is 2. The molecule has 0 fully saturated rings. The third kappa shape index (κ3) is 4.43. The molecule has 4 N–H and O–H groups in total. The molecule has 2 aromatic carbocycles. The lowest BCUT2D eigenvalue weighted by atomic mass is 10.2. The molecule has 0 spiro atoms. The van der Waals surface area contributed by atoms with E-state index < -0.39 is 5.91 Å². The summed E-state index contributed by atoms with van der Waals surface area (Å²) in [7, 11) is 0. The second-order valence-corrected chi connectivity index (χ2v) is 4.50. The highest BCUT2D eigenvalue weighted by molar-refractivity contribution is 7.80. The number of aromatic hydroxyl groups is 1. The molecule has 0 bridgehead atoms. The Bertz CT molecular complexity index is 644. The Morgan fingerprint density at radius 1 is 1.00 bits per heavy atom. The number of carbonyl (C=O) groups is 1. The van der Waals surface area contributed by atoms with Gasteiger partial charge in [0, 0.05) is 11.3 Å². The summed E-state index contributed by atoms with van der Waals surface area (Å²) < 4.78 is 12.7. The first kappa shape index (κ1) is 14.7. The molecule has 0 aliphatic rings. The lowest BCUT2D eigenvalue weighted by molar-refractivity contribution is 0.0944. The van der Waals surface area contributed by atoms with Crippen LogP contribution in [0.4, 0.5) is 10.1 Å². The minimum atomic E-state index is -0.404. The smallest absolute Gasteiger partial charge is 0.269 e. The van der Waals surface area contributed by atoms with Crippen molar-refractivity contribution in [3.8, 4) is 5.75 Å². The maximum absolute atomic E-state index is 12.7. The van der Waals surface area contributed by atoms with Crippen LogP contribution in [-0.4, -0.2) is 16.1 Å². The average Bonchev–Trinajstić information content (AvgIpc) is 2.48. The van der Waals surface area contributed by atoms with Crippen molar-refractivity contribution in [1.82, 2.24) is 10.9 Å². The van der Waals surface area contributed by atoms with Crippen LogP contribution >= 0.6 is 12.2 Å². The number of hydrogen-bond acceptors (Lipinski definition) is 3. The summed E-state index contributed by atoms with van der Waals surface area (Å²) in [6, 6.07) is 11.4. The number of nitrogens with one attached hydrogen (secondary N) is 3. The summed E-state index contributed by atoms with van der Waals surface area (Å²) in [4.78, 5) is 11.8. The van der Waals surface area contributed by atoms with Crippen LogP contribution in [0.1, 0.15) is 10.4 Å². The molecular formula is C14H12FN3O2S. The molecular weight excluding hydrogens is 293 g/mol. The standard InChI is InChI=1S/C14H12FN3O2S/c15-10-3-5-11(6-4-10)16-14(21)18-17-13(20)9-1-7-12(19)8-2-9/h1-8,19H,(H,17,20)(H2,16,18,21). The number of hydrogen-bond donors (Lipinski definition) is 4. The zero-order valence-corrected chi connectivity index (χ0v) is 11.6. The van der Waals surface area contributed by atoms with Gasteiger partial charge in [-0.3, -0.25) is 15.6 Å². The maximum Gasteiger partial charge on any atom is 0.269 e. The number of phenolic OH excluding ortho intramolecular Hbond substituents is 1. The van der Waals surface area contributed by atoms with E-state index >= 15 is 0 Å². The van der Waals surface area contributed by atoms with E-state index in [1.807, 2.05) is 0 Å². The van der Waals surface area contributed by atoms with E-state index in [1.165, 1.54) is 48.5 Å². The summed E-state index contributed by atoms with van der Waals surface area (Å²) in [5.74, 6) is -0.675. The highest BCUT2D eigenvalue weighted by Crippen LogP contribution is 2.09. The van der Waals surface area contributed by atoms with Gasteiger partial charge in [-0.2, -0.15) is 0 Å². The summed E-state index contributed by atoms with van der Waals surface area (Å²) in [6.07, 6.45) is 0. The molecule has 0 heterocycles. The lowest BCUT2D eigenvalue weighted by Gasteiger charge is -2.11. The Morgan fingerprint density at radius 2 is 1.62 bits per heavy atom. The molecule has 2 rings (SSSR count). The van der Waals surface area contributed by atoms with E-state index in [4.69, 9.17) is 17.3 Å². The van der Waals surface area contributed by atoms with E-state index in [-0.39, 0.29) is 16.7 Å². The molecule has 2 aromatic rings. The van der Waals surface area contributed by atoms with Crippen molar-refractivity contribution >= 4 is 28.9 Å². The molecule has 0 saturated carbocycles. The molecule has 5 nitrogen and oxygen atoms in total. The van der Waals surface area contributed by atoms with Crippen molar-refractivity contribution in [2.45, 2.75) is 0 Å². The topological polar surface area (TPSA) is 73.4 Å². The van der Waals surface area contributed by atoms with Crippen LogP contribution in [0.15, 0.2) is 48.5 Å². The maximum atomic E-state index is 12.7. The highest BCUT2D eigenvalue weighted by Gasteiger charge is 2.05. The Balaban J connectivity index is 1.84.